The van der Waals surface area contributed by atoms with Gasteiger partial charge in [-0.2, -0.15) is 0 Å². The molecule has 0 aromatic carbocycles. The van der Waals surface area contributed by atoms with Crippen LogP contribution in [-0.4, -0.2) is 30.6 Å². The Kier molecular flexibility index (Phi) is 3.73. The van der Waals surface area contributed by atoms with Crippen LogP contribution in [-0.2, 0) is 9.53 Å². The molecule has 0 aliphatic heterocycles. The first-order chi connectivity index (χ1) is 6.63. The Morgan fingerprint density at radius 3 is 2.86 bits per heavy atom. The third-order valence-electron chi connectivity index (χ3n) is 1.87. The SMILES string of the molecule is CCOC(=O)C(C)NC(N)=NC1CC1. The molecule has 1 aliphatic carbocycles. The van der Waals surface area contributed by atoms with Crippen LogP contribution in [0.25, 0.3) is 0 Å². The number of esters is 1. The van der Waals surface area contributed by atoms with Gasteiger partial charge >= 0.3 is 5.97 Å². The smallest absolute Gasteiger partial charge is 0.328 e. The minimum atomic E-state index is -0.433. The molecule has 0 spiro atoms. The molecular formula is C9H17N3O2. The maximum absolute atomic E-state index is 11.2. The van der Waals surface area contributed by atoms with Gasteiger partial charge in [0.25, 0.3) is 0 Å². The lowest BCUT2D eigenvalue weighted by atomic mass is 10.3. The van der Waals surface area contributed by atoms with E-state index in [1.807, 2.05) is 0 Å². The molecule has 0 aromatic rings. The van der Waals surface area contributed by atoms with Crippen molar-refractivity contribution in [2.45, 2.75) is 38.8 Å². The first-order valence-corrected chi connectivity index (χ1v) is 4.90. The Morgan fingerprint density at radius 1 is 1.71 bits per heavy atom. The zero-order valence-electron chi connectivity index (χ0n) is 8.62. The largest absolute Gasteiger partial charge is 0.464 e. The summed E-state index contributed by atoms with van der Waals surface area (Å²) in [5, 5.41) is 2.79. The summed E-state index contributed by atoms with van der Waals surface area (Å²) in [5.74, 6) is 0.0227. The first-order valence-electron chi connectivity index (χ1n) is 4.90. The number of carbonyl (C=O) groups is 1. The van der Waals surface area contributed by atoms with E-state index in [1.165, 1.54) is 0 Å². The van der Waals surface area contributed by atoms with Crippen LogP contribution in [0.15, 0.2) is 4.99 Å². The van der Waals surface area contributed by atoms with Crippen LogP contribution >= 0.6 is 0 Å². The average molecular weight is 199 g/mol. The molecule has 80 valence electrons. The first kappa shape index (κ1) is 10.8. The number of hydrogen-bond donors (Lipinski definition) is 2. The van der Waals surface area contributed by atoms with Gasteiger partial charge < -0.3 is 15.8 Å². The molecule has 0 amide bonds. The van der Waals surface area contributed by atoms with E-state index in [4.69, 9.17) is 10.5 Å². The van der Waals surface area contributed by atoms with Crippen molar-refractivity contribution in [3.05, 3.63) is 0 Å². The van der Waals surface area contributed by atoms with Crippen molar-refractivity contribution in [3.63, 3.8) is 0 Å². The standard InChI is InChI=1S/C9H17N3O2/c1-3-14-8(13)6(2)11-9(10)12-7-4-5-7/h6-7H,3-5H2,1-2H3,(H3,10,11,12). The number of aliphatic imine (C=N–C) groups is 1. The monoisotopic (exact) mass is 199 g/mol. The van der Waals surface area contributed by atoms with E-state index < -0.39 is 6.04 Å². The molecule has 0 saturated heterocycles. The molecule has 3 N–H and O–H groups in total. The van der Waals surface area contributed by atoms with Crippen molar-refractivity contribution in [1.82, 2.24) is 5.32 Å². The van der Waals surface area contributed by atoms with E-state index in [1.54, 1.807) is 13.8 Å². The van der Waals surface area contributed by atoms with Crippen LogP contribution in [0, 0.1) is 0 Å². The van der Waals surface area contributed by atoms with E-state index >= 15 is 0 Å². The van der Waals surface area contributed by atoms with E-state index in [0.717, 1.165) is 12.8 Å². The summed E-state index contributed by atoms with van der Waals surface area (Å²) in [5.41, 5.74) is 5.58. The molecule has 1 unspecified atom stereocenters. The minimum absolute atomic E-state index is 0.304. The van der Waals surface area contributed by atoms with E-state index in [0.29, 0.717) is 18.6 Å². The fourth-order valence-corrected chi connectivity index (χ4v) is 0.986. The molecule has 0 radical (unpaired) electrons. The van der Waals surface area contributed by atoms with Crippen LogP contribution in [0.2, 0.25) is 0 Å². The predicted octanol–water partition coefficient (Wildman–Crippen LogP) is 0.00470. The molecule has 5 nitrogen and oxygen atoms in total. The van der Waals surface area contributed by atoms with Gasteiger partial charge in [-0.1, -0.05) is 0 Å². The van der Waals surface area contributed by atoms with Crippen LogP contribution in [0.3, 0.4) is 0 Å². The van der Waals surface area contributed by atoms with E-state index in [-0.39, 0.29) is 5.97 Å². The number of nitrogens with one attached hydrogen (secondary N) is 1. The van der Waals surface area contributed by atoms with Gasteiger partial charge in [-0.15, -0.1) is 0 Å². The average Bonchev–Trinajstić information content (AvgIpc) is 2.88. The molecule has 0 aromatic heterocycles. The van der Waals surface area contributed by atoms with Crippen molar-refractivity contribution >= 4 is 11.9 Å². The normalized spacial score (nSPS) is 18.9. The molecule has 1 rings (SSSR count). The second kappa shape index (κ2) is 4.83. The van der Waals surface area contributed by atoms with Gasteiger partial charge in [0.1, 0.15) is 6.04 Å². The van der Waals surface area contributed by atoms with Gasteiger partial charge in [0, 0.05) is 0 Å². The quantitative estimate of drug-likeness (QED) is 0.380. The third kappa shape index (κ3) is 3.64. The molecular weight excluding hydrogens is 182 g/mol. The zero-order valence-corrected chi connectivity index (χ0v) is 8.62. The van der Waals surface area contributed by atoms with Crippen molar-refractivity contribution in [3.8, 4) is 0 Å². The number of nitrogens with zero attached hydrogens (tertiary/aromatic N) is 1. The number of ether oxygens (including phenoxy) is 1. The predicted molar refractivity (Wildman–Crippen MR) is 53.9 cm³/mol. The van der Waals surface area contributed by atoms with E-state index in [9.17, 15) is 4.79 Å². The number of guanidine groups is 1. The lowest BCUT2D eigenvalue weighted by Gasteiger charge is -2.12. The van der Waals surface area contributed by atoms with Crippen molar-refractivity contribution in [1.29, 1.82) is 0 Å². The molecule has 1 aliphatic rings. The highest BCUT2D eigenvalue weighted by Gasteiger charge is 2.21. The summed E-state index contributed by atoms with van der Waals surface area (Å²) in [6.07, 6.45) is 2.19. The van der Waals surface area contributed by atoms with Crippen LogP contribution in [0.5, 0.6) is 0 Å². The Hall–Kier alpha value is -1.26. The van der Waals surface area contributed by atoms with Gasteiger partial charge in [0.15, 0.2) is 5.96 Å². The summed E-state index contributed by atoms with van der Waals surface area (Å²) < 4.78 is 4.81. The van der Waals surface area contributed by atoms with Crippen LogP contribution < -0.4 is 11.1 Å². The fourth-order valence-electron chi connectivity index (χ4n) is 0.986. The summed E-state index contributed by atoms with van der Waals surface area (Å²) >= 11 is 0. The summed E-state index contributed by atoms with van der Waals surface area (Å²) in [6.45, 7) is 3.85. The maximum atomic E-state index is 11.2. The topological polar surface area (TPSA) is 76.7 Å². The molecule has 0 heterocycles. The Morgan fingerprint density at radius 2 is 2.36 bits per heavy atom. The molecule has 5 heteroatoms. The summed E-state index contributed by atoms with van der Waals surface area (Å²) in [7, 11) is 0. The Bertz CT molecular complexity index is 236. The highest BCUT2D eigenvalue weighted by atomic mass is 16.5. The number of nitrogens with two attached hydrogens (primary N) is 1. The Balaban J connectivity index is 2.30. The fraction of sp³-hybridized carbons (Fsp3) is 0.778. The highest BCUT2D eigenvalue weighted by Crippen LogP contribution is 2.22. The van der Waals surface area contributed by atoms with Crippen LogP contribution in [0.1, 0.15) is 26.7 Å². The van der Waals surface area contributed by atoms with Crippen molar-refractivity contribution in [2.24, 2.45) is 10.7 Å². The van der Waals surface area contributed by atoms with Crippen molar-refractivity contribution < 1.29 is 9.53 Å². The van der Waals surface area contributed by atoms with E-state index in [2.05, 4.69) is 10.3 Å². The van der Waals surface area contributed by atoms with Crippen molar-refractivity contribution in [2.75, 3.05) is 6.61 Å². The van der Waals surface area contributed by atoms with Gasteiger partial charge in [-0.05, 0) is 26.7 Å². The minimum Gasteiger partial charge on any atom is -0.464 e. The molecule has 1 fully saturated rings. The van der Waals surface area contributed by atoms with Gasteiger partial charge in [0.2, 0.25) is 0 Å². The molecule has 1 atom stereocenters. The lowest BCUT2D eigenvalue weighted by Crippen LogP contribution is -2.43. The van der Waals surface area contributed by atoms with Gasteiger partial charge in [-0.25, -0.2) is 4.79 Å². The lowest BCUT2D eigenvalue weighted by molar-refractivity contribution is -0.144. The molecule has 1 saturated carbocycles. The van der Waals surface area contributed by atoms with Gasteiger partial charge in [-0.3, -0.25) is 4.99 Å². The zero-order chi connectivity index (χ0) is 10.6. The number of carbonyl (C=O) groups excluding carboxylic acids is 1. The third-order valence-corrected chi connectivity index (χ3v) is 1.87. The van der Waals surface area contributed by atoms with Crippen LogP contribution in [0.4, 0.5) is 0 Å². The molecule has 14 heavy (non-hydrogen) atoms. The highest BCUT2D eigenvalue weighted by molar-refractivity contribution is 5.85. The maximum Gasteiger partial charge on any atom is 0.328 e. The second-order valence-electron chi connectivity index (χ2n) is 3.36. The Labute approximate surface area is 83.7 Å². The summed E-state index contributed by atoms with van der Waals surface area (Å²) in [4.78, 5) is 15.3. The number of hydrogen-bond acceptors (Lipinski definition) is 3. The van der Waals surface area contributed by atoms with Gasteiger partial charge in [0.05, 0.1) is 12.6 Å². The summed E-state index contributed by atoms with van der Waals surface area (Å²) in [6, 6.07) is -0.0747. The molecule has 0 bridgehead atoms. The second-order valence-corrected chi connectivity index (χ2v) is 3.36. The number of rotatable bonds is 4.